The summed E-state index contributed by atoms with van der Waals surface area (Å²) in [6.07, 6.45) is 3.95. The van der Waals surface area contributed by atoms with Gasteiger partial charge in [-0.15, -0.1) is 0 Å². The molecule has 0 atom stereocenters. The number of hydrogen-bond donors (Lipinski definition) is 0. The monoisotopic (exact) mass is 422 g/mol. The maximum absolute atomic E-state index is 12.2. The standard InChI is InChI=1S/C25H27ClN2O2/c1-4-14-28(15-5-2)20-11-13-24(18(3)16-20)27-17-23-21-9-7-6-8-19(21)10-12-22(23)25(29)30-26/h6-13,16-17H,4-5,14-15H2,1-3H3. The third kappa shape index (κ3) is 4.82. The van der Waals surface area contributed by atoms with Gasteiger partial charge in [-0.1, -0.05) is 44.2 Å². The molecule has 0 aromatic heterocycles. The zero-order valence-electron chi connectivity index (χ0n) is 17.7. The van der Waals surface area contributed by atoms with Gasteiger partial charge in [-0.2, -0.15) is 0 Å². The number of carbonyl (C=O) groups excluding carboxylic acids is 1. The molecule has 0 unspecified atom stereocenters. The highest BCUT2D eigenvalue weighted by molar-refractivity contribution is 6.18. The van der Waals surface area contributed by atoms with Crippen LogP contribution in [0.4, 0.5) is 11.4 Å². The predicted octanol–water partition coefficient (Wildman–Crippen LogP) is 6.84. The van der Waals surface area contributed by atoms with E-state index in [-0.39, 0.29) is 0 Å². The zero-order chi connectivity index (χ0) is 21.5. The maximum atomic E-state index is 12.2. The maximum Gasteiger partial charge on any atom is 0.356 e. The van der Waals surface area contributed by atoms with E-state index in [1.54, 1.807) is 12.3 Å². The van der Waals surface area contributed by atoms with E-state index >= 15 is 0 Å². The highest BCUT2D eigenvalue weighted by Gasteiger charge is 2.14. The van der Waals surface area contributed by atoms with Crippen molar-refractivity contribution in [2.24, 2.45) is 4.99 Å². The summed E-state index contributed by atoms with van der Waals surface area (Å²) in [5, 5.41) is 1.94. The molecular formula is C25H27ClN2O2. The number of nitrogens with zero attached hydrogens (tertiary/aromatic N) is 2. The number of benzene rings is 3. The molecule has 0 bridgehead atoms. The summed E-state index contributed by atoms with van der Waals surface area (Å²) in [4.78, 5) is 19.3. The number of rotatable bonds is 8. The number of carbonyl (C=O) groups is 1. The number of halogens is 1. The number of hydrogen-bond acceptors (Lipinski definition) is 4. The van der Waals surface area contributed by atoms with Crippen LogP contribution in [-0.2, 0) is 4.29 Å². The molecular weight excluding hydrogens is 396 g/mol. The van der Waals surface area contributed by atoms with Gasteiger partial charge in [-0.3, -0.25) is 4.99 Å². The van der Waals surface area contributed by atoms with Crippen LogP contribution < -0.4 is 4.90 Å². The molecule has 30 heavy (non-hydrogen) atoms. The minimum Gasteiger partial charge on any atom is -0.372 e. The molecule has 0 aliphatic carbocycles. The Labute approximate surface area is 183 Å². The number of aliphatic imine (C=N–C) groups is 1. The van der Waals surface area contributed by atoms with E-state index in [0.29, 0.717) is 11.1 Å². The lowest BCUT2D eigenvalue weighted by Crippen LogP contribution is -2.24. The van der Waals surface area contributed by atoms with Crippen molar-refractivity contribution in [1.29, 1.82) is 0 Å². The molecule has 0 N–H and O–H groups in total. The normalized spacial score (nSPS) is 11.2. The molecule has 0 spiro atoms. The Hall–Kier alpha value is -2.85. The number of fused-ring (bicyclic) bond motifs is 1. The van der Waals surface area contributed by atoms with Crippen molar-refractivity contribution in [2.75, 3.05) is 18.0 Å². The summed E-state index contributed by atoms with van der Waals surface area (Å²) in [5.41, 5.74) is 4.25. The fourth-order valence-corrected chi connectivity index (χ4v) is 3.76. The predicted molar refractivity (Wildman–Crippen MR) is 126 cm³/mol. The van der Waals surface area contributed by atoms with Gasteiger partial charge in [0.1, 0.15) is 11.9 Å². The van der Waals surface area contributed by atoms with Gasteiger partial charge in [-0.25, -0.2) is 4.79 Å². The van der Waals surface area contributed by atoms with E-state index in [9.17, 15) is 4.79 Å². The second-order valence-corrected chi connectivity index (χ2v) is 7.48. The lowest BCUT2D eigenvalue weighted by molar-refractivity contribution is 0.0751. The second-order valence-electron chi connectivity index (χ2n) is 7.33. The largest absolute Gasteiger partial charge is 0.372 e. The van der Waals surface area contributed by atoms with Gasteiger partial charge in [0.25, 0.3) is 0 Å². The van der Waals surface area contributed by atoms with Crippen molar-refractivity contribution in [3.63, 3.8) is 0 Å². The van der Waals surface area contributed by atoms with Crippen molar-refractivity contribution in [3.05, 3.63) is 71.3 Å². The molecule has 0 aliphatic rings. The van der Waals surface area contributed by atoms with Crippen LogP contribution in [0.5, 0.6) is 0 Å². The van der Waals surface area contributed by atoms with Gasteiger partial charge in [0.05, 0.1) is 11.3 Å². The Balaban J connectivity index is 1.99. The fraction of sp³-hybridized carbons (Fsp3) is 0.280. The van der Waals surface area contributed by atoms with Crippen molar-refractivity contribution >= 4 is 46.2 Å². The first-order valence-corrected chi connectivity index (χ1v) is 10.6. The zero-order valence-corrected chi connectivity index (χ0v) is 18.4. The smallest absolute Gasteiger partial charge is 0.356 e. The third-order valence-corrected chi connectivity index (χ3v) is 5.27. The molecule has 5 heteroatoms. The van der Waals surface area contributed by atoms with Crippen LogP contribution in [0.15, 0.2) is 59.6 Å². The van der Waals surface area contributed by atoms with Crippen LogP contribution in [0.2, 0.25) is 0 Å². The minimum atomic E-state index is -0.592. The Kier molecular flexibility index (Phi) is 7.47. The minimum absolute atomic E-state index is 0.388. The van der Waals surface area contributed by atoms with E-state index in [0.717, 1.165) is 48.0 Å². The van der Waals surface area contributed by atoms with Gasteiger partial charge in [0, 0.05) is 30.6 Å². The molecule has 0 radical (unpaired) electrons. The summed E-state index contributed by atoms with van der Waals surface area (Å²) < 4.78 is 4.46. The molecule has 0 saturated carbocycles. The summed E-state index contributed by atoms with van der Waals surface area (Å²) in [6, 6.07) is 17.8. The van der Waals surface area contributed by atoms with Gasteiger partial charge in [0.2, 0.25) is 0 Å². The van der Waals surface area contributed by atoms with Crippen LogP contribution in [-0.4, -0.2) is 25.3 Å². The van der Waals surface area contributed by atoms with Crippen molar-refractivity contribution in [3.8, 4) is 0 Å². The Morgan fingerprint density at radius 3 is 2.47 bits per heavy atom. The quantitative estimate of drug-likeness (QED) is 0.373. The molecule has 3 rings (SSSR count). The number of anilines is 1. The summed E-state index contributed by atoms with van der Waals surface area (Å²) in [5.74, 6) is -0.592. The van der Waals surface area contributed by atoms with Crippen LogP contribution >= 0.6 is 11.9 Å². The average Bonchev–Trinajstić information content (AvgIpc) is 2.77. The molecule has 0 amide bonds. The first-order valence-electron chi connectivity index (χ1n) is 10.3. The molecule has 0 aliphatic heterocycles. The first kappa shape index (κ1) is 21.8. The van der Waals surface area contributed by atoms with Gasteiger partial charge < -0.3 is 9.19 Å². The van der Waals surface area contributed by atoms with E-state index in [1.165, 1.54) is 5.69 Å². The number of aryl methyl sites for hydroxylation is 1. The van der Waals surface area contributed by atoms with Gasteiger partial charge >= 0.3 is 5.97 Å². The highest BCUT2D eigenvalue weighted by atomic mass is 35.5. The third-order valence-electron chi connectivity index (χ3n) is 5.13. The summed E-state index contributed by atoms with van der Waals surface area (Å²) in [6.45, 7) is 8.53. The van der Waals surface area contributed by atoms with Crippen LogP contribution in [0.3, 0.4) is 0 Å². The van der Waals surface area contributed by atoms with Crippen molar-refractivity contribution in [1.82, 2.24) is 0 Å². The summed E-state index contributed by atoms with van der Waals surface area (Å²) in [7, 11) is 0. The Morgan fingerprint density at radius 1 is 1.07 bits per heavy atom. The molecule has 0 fully saturated rings. The first-order chi connectivity index (χ1) is 14.6. The topological polar surface area (TPSA) is 41.9 Å². The lowest BCUT2D eigenvalue weighted by Gasteiger charge is -2.24. The van der Waals surface area contributed by atoms with Gasteiger partial charge in [-0.05, 0) is 60.4 Å². The molecule has 0 saturated heterocycles. The molecule has 0 heterocycles. The van der Waals surface area contributed by atoms with Crippen molar-refractivity contribution in [2.45, 2.75) is 33.6 Å². The molecule has 3 aromatic rings. The van der Waals surface area contributed by atoms with E-state index in [2.05, 4.69) is 42.1 Å². The molecule has 4 nitrogen and oxygen atoms in total. The molecule has 3 aromatic carbocycles. The van der Waals surface area contributed by atoms with E-state index in [1.807, 2.05) is 36.4 Å². The summed E-state index contributed by atoms with van der Waals surface area (Å²) >= 11 is 5.35. The van der Waals surface area contributed by atoms with E-state index < -0.39 is 5.97 Å². The Bertz CT molecular complexity index is 1060. The average molecular weight is 423 g/mol. The lowest BCUT2D eigenvalue weighted by atomic mass is 9.99. The fourth-order valence-electron chi connectivity index (χ4n) is 3.68. The van der Waals surface area contributed by atoms with E-state index in [4.69, 9.17) is 16.9 Å². The Morgan fingerprint density at radius 2 is 1.80 bits per heavy atom. The SMILES string of the molecule is CCCN(CCC)c1ccc(N=Cc2c(C(=O)OCl)ccc3ccccc23)c(C)c1. The highest BCUT2D eigenvalue weighted by Crippen LogP contribution is 2.27. The molecule has 156 valence electrons. The second kappa shape index (κ2) is 10.3. The van der Waals surface area contributed by atoms with Crippen molar-refractivity contribution < 1.29 is 9.08 Å². The van der Waals surface area contributed by atoms with Gasteiger partial charge in [0.15, 0.2) is 0 Å². The van der Waals surface area contributed by atoms with Crippen LogP contribution in [0.1, 0.15) is 48.2 Å². The van der Waals surface area contributed by atoms with Crippen LogP contribution in [0.25, 0.3) is 10.8 Å². The van der Waals surface area contributed by atoms with Crippen LogP contribution in [0, 0.1) is 6.92 Å².